The Bertz CT molecular complexity index is 984. The molecule has 0 spiro atoms. The standard InChI is InChI=1S/C32H53N3O6/c1-11-24-15-17-25(18-16-24)28(29(37)33-20-19-26(36)40-12-2)35(23(7)14-13-21(3)4)30(38)27(22(5)6)34-31(39)41-32(8,9)10/h15-18,21-23,27-28H,11-14,19-20H2,1-10H3,(H,33,37)(H,34,39). The third-order valence-corrected chi connectivity index (χ3v) is 6.66. The zero-order valence-corrected chi connectivity index (χ0v) is 26.8. The molecule has 3 unspecified atom stereocenters. The molecule has 0 saturated carbocycles. The third-order valence-electron chi connectivity index (χ3n) is 6.66. The maximum atomic E-state index is 14.4. The van der Waals surface area contributed by atoms with E-state index >= 15 is 0 Å². The van der Waals surface area contributed by atoms with Crippen LogP contribution in [0.1, 0.15) is 106 Å². The molecule has 9 heteroatoms. The summed E-state index contributed by atoms with van der Waals surface area (Å²) >= 11 is 0. The summed E-state index contributed by atoms with van der Waals surface area (Å²) in [4.78, 5) is 54.5. The number of benzene rings is 1. The Balaban J connectivity index is 3.56. The molecule has 0 saturated heterocycles. The van der Waals surface area contributed by atoms with E-state index in [4.69, 9.17) is 9.47 Å². The lowest BCUT2D eigenvalue weighted by molar-refractivity contribution is -0.146. The number of rotatable bonds is 15. The highest BCUT2D eigenvalue weighted by atomic mass is 16.6. The van der Waals surface area contributed by atoms with Crippen LogP contribution in [0.5, 0.6) is 0 Å². The van der Waals surface area contributed by atoms with Crippen molar-refractivity contribution in [3.05, 3.63) is 35.4 Å². The molecule has 3 atom stereocenters. The maximum absolute atomic E-state index is 14.4. The van der Waals surface area contributed by atoms with E-state index in [0.29, 0.717) is 17.9 Å². The smallest absolute Gasteiger partial charge is 0.408 e. The number of amides is 3. The molecule has 0 radical (unpaired) electrons. The summed E-state index contributed by atoms with van der Waals surface area (Å²) in [6, 6.07) is 5.43. The first kappa shape index (κ1) is 35.9. The van der Waals surface area contributed by atoms with Gasteiger partial charge in [0.05, 0.1) is 13.0 Å². The number of hydrogen-bond donors (Lipinski definition) is 2. The summed E-state index contributed by atoms with van der Waals surface area (Å²) in [6.07, 6.45) is 1.68. The summed E-state index contributed by atoms with van der Waals surface area (Å²) in [6.45, 7) is 19.3. The van der Waals surface area contributed by atoms with Crippen molar-refractivity contribution in [3.8, 4) is 0 Å². The predicted octanol–water partition coefficient (Wildman–Crippen LogP) is 5.56. The maximum Gasteiger partial charge on any atom is 0.408 e. The monoisotopic (exact) mass is 575 g/mol. The number of alkyl carbamates (subject to hydrolysis) is 1. The Morgan fingerprint density at radius 2 is 1.54 bits per heavy atom. The van der Waals surface area contributed by atoms with Crippen molar-refractivity contribution in [2.24, 2.45) is 11.8 Å². The zero-order chi connectivity index (χ0) is 31.3. The molecule has 2 N–H and O–H groups in total. The number of aryl methyl sites for hydroxylation is 1. The minimum atomic E-state index is -0.973. The lowest BCUT2D eigenvalue weighted by Crippen LogP contribution is -2.57. The van der Waals surface area contributed by atoms with E-state index in [-0.39, 0.29) is 37.4 Å². The van der Waals surface area contributed by atoms with Gasteiger partial charge in [-0.05, 0) is 76.8 Å². The highest BCUT2D eigenvalue weighted by molar-refractivity contribution is 5.92. The van der Waals surface area contributed by atoms with Gasteiger partial charge in [0.1, 0.15) is 17.7 Å². The number of esters is 1. The molecule has 0 bridgehead atoms. The molecule has 1 rings (SSSR count). The van der Waals surface area contributed by atoms with Crippen LogP contribution in [-0.4, -0.2) is 59.6 Å². The predicted molar refractivity (Wildman–Crippen MR) is 161 cm³/mol. The average molecular weight is 576 g/mol. The van der Waals surface area contributed by atoms with Crippen LogP contribution in [0, 0.1) is 11.8 Å². The second-order valence-electron chi connectivity index (χ2n) is 12.3. The van der Waals surface area contributed by atoms with Gasteiger partial charge in [-0.1, -0.05) is 58.9 Å². The minimum Gasteiger partial charge on any atom is -0.466 e. The molecule has 0 aliphatic rings. The molecule has 9 nitrogen and oxygen atoms in total. The van der Waals surface area contributed by atoms with Gasteiger partial charge in [-0.3, -0.25) is 14.4 Å². The SMILES string of the molecule is CCOC(=O)CCNC(=O)C(c1ccc(CC)cc1)N(C(=O)C(NC(=O)OC(C)(C)C)C(C)C)C(C)CCC(C)C. The van der Waals surface area contributed by atoms with Gasteiger partial charge in [-0.2, -0.15) is 0 Å². The van der Waals surface area contributed by atoms with E-state index in [1.165, 1.54) is 0 Å². The Labute approximate surface area is 247 Å². The lowest BCUT2D eigenvalue weighted by atomic mass is 9.94. The van der Waals surface area contributed by atoms with Gasteiger partial charge < -0.3 is 25.0 Å². The van der Waals surface area contributed by atoms with Gasteiger partial charge in [0, 0.05) is 12.6 Å². The van der Waals surface area contributed by atoms with Crippen LogP contribution in [0.4, 0.5) is 4.79 Å². The van der Waals surface area contributed by atoms with Crippen molar-refractivity contribution >= 4 is 23.9 Å². The van der Waals surface area contributed by atoms with E-state index in [0.717, 1.165) is 18.4 Å². The van der Waals surface area contributed by atoms with E-state index in [2.05, 4.69) is 24.5 Å². The molecule has 41 heavy (non-hydrogen) atoms. The summed E-state index contributed by atoms with van der Waals surface area (Å²) in [5.41, 5.74) is 1.02. The van der Waals surface area contributed by atoms with Gasteiger partial charge in [0.2, 0.25) is 11.8 Å². The van der Waals surface area contributed by atoms with Crippen molar-refractivity contribution in [3.63, 3.8) is 0 Å². The summed E-state index contributed by atoms with van der Waals surface area (Å²) in [7, 11) is 0. The normalized spacial score (nSPS) is 13.8. The van der Waals surface area contributed by atoms with Crippen LogP contribution in [-0.2, 0) is 30.3 Å². The van der Waals surface area contributed by atoms with Crippen molar-refractivity contribution in [1.29, 1.82) is 0 Å². The molecular formula is C32H53N3O6. The van der Waals surface area contributed by atoms with E-state index < -0.39 is 35.7 Å². The first-order valence-corrected chi connectivity index (χ1v) is 14.9. The Hall–Kier alpha value is -3.10. The van der Waals surface area contributed by atoms with Gasteiger partial charge >= 0.3 is 12.1 Å². The molecule has 1 aromatic rings. The number of ether oxygens (including phenoxy) is 2. The number of nitrogens with one attached hydrogen (secondary N) is 2. The summed E-state index contributed by atoms with van der Waals surface area (Å²) in [5.74, 6) is -1.05. The third kappa shape index (κ3) is 12.5. The lowest BCUT2D eigenvalue weighted by Gasteiger charge is -2.39. The highest BCUT2D eigenvalue weighted by Gasteiger charge is 2.39. The fourth-order valence-corrected chi connectivity index (χ4v) is 4.41. The second kappa shape index (κ2) is 17.0. The number of carbonyl (C=O) groups is 4. The zero-order valence-electron chi connectivity index (χ0n) is 26.8. The molecule has 0 aliphatic heterocycles. The molecule has 0 fully saturated rings. The van der Waals surface area contributed by atoms with Crippen LogP contribution in [0.2, 0.25) is 0 Å². The van der Waals surface area contributed by atoms with Crippen LogP contribution >= 0.6 is 0 Å². The molecule has 0 aliphatic carbocycles. The first-order chi connectivity index (χ1) is 19.1. The van der Waals surface area contributed by atoms with Gasteiger partial charge in [0.15, 0.2) is 0 Å². The van der Waals surface area contributed by atoms with Gasteiger partial charge in [0.25, 0.3) is 0 Å². The topological polar surface area (TPSA) is 114 Å². The summed E-state index contributed by atoms with van der Waals surface area (Å²) in [5, 5.41) is 5.61. The van der Waals surface area contributed by atoms with Crippen LogP contribution in [0.25, 0.3) is 0 Å². The minimum absolute atomic E-state index is 0.0206. The van der Waals surface area contributed by atoms with Crippen molar-refractivity contribution in [2.75, 3.05) is 13.2 Å². The Morgan fingerprint density at radius 1 is 0.927 bits per heavy atom. The fraction of sp³-hybridized carbons (Fsp3) is 0.688. The van der Waals surface area contributed by atoms with Gasteiger partial charge in [-0.25, -0.2) is 4.79 Å². The number of nitrogens with zero attached hydrogens (tertiary/aromatic N) is 1. The molecular weight excluding hydrogens is 522 g/mol. The fourth-order valence-electron chi connectivity index (χ4n) is 4.41. The van der Waals surface area contributed by atoms with Crippen molar-refractivity contribution in [2.45, 2.75) is 119 Å². The van der Waals surface area contributed by atoms with Gasteiger partial charge in [-0.15, -0.1) is 0 Å². The van der Waals surface area contributed by atoms with Crippen molar-refractivity contribution in [1.82, 2.24) is 15.5 Å². The summed E-state index contributed by atoms with van der Waals surface area (Å²) < 4.78 is 10.5. The first-order valence-electron chi connectivity index (χ1n) is 14.9. The Kier molecular flexibility index (Phi) is 14.9. The highest BCUT2D eigenvalue weighted by Crippen LogP contribution is 2.29. The van der Waals surface area contributed by atoms with Crippen LogP contribution < -0.4 is 10.6 Å². The van der Waals surface area contributed by atoms with E-state index in [9.17, 15) is 19.2 Å². The largest absolute Gasteiger partial charge is 0.466 e. The second-order valence-corrected chi connectivity index (χ2v) is 12.3. The Morgan fingerprint density at radius 3 is 2.02 bits per heavy atom. The molecule has 1 aromatic carbocycles. The number of hydrogen-bond acceptors (Lipinski definition) is 6. The van der Waals surface area contributed by atoms with Crippen LogP contribution in [0.15, 0.2) is 24.3 Å². The van der Waals surface area contributed by atoms with Crippen LogP contribution in [0.3, 0.4) is 0 Å². The number of carbonyl (C=O) groups excluding carboxylic acids is 4. The molecule has 3 amide bonds. The average Bonchev–Trinajstić information content (AvgIpc) is 2.87. The van der Waals surface area contributed by atoms with Crippen molar-refractivity contribution < 1.29 is 28.7 Å². The molecule has 0 aromatic heterocycles. The van der Waals surface area contributed by atoms with E-state index in [1.54, 1.807) is 32.6 Å². The quantitative estimate of drug-likeness (QED) is 0.265. The molecule has 0 heterocycles. The van der Waals surface area contributed by atoms with E-state index in [1.807, 2.05) is 52.0 Å². The molecule has 232 valence electrons.